The molecule has 33 heavy (non-hydrogen) atoms. The Balaban J connectivity index is 1.23. The predicted molar refractivity (Wildman–Crippen MR) is 125 cm³/mol. The number of piperazine rings is 1. The number of benzene rings is 1. The van der Waals surface area contributed by atoms with E-state index in [0.29, 0.717) is 55.6 Å². The highest BCUT2D eigenvalue weighted by Gasteiger charge is 2.26. The van der Waals surface area contributed by atoms with Crippen molar-refractivity contribution in [1.29, 1.82) is 0 Å². The molecule has 1 fully saturated rings. The van der Waals surface area contributed by atoms with Gasteiger partial charge < -0.3 is 24.6 Å². The molecule has 0 aliphatic carbocycles. The molecule has 0 saturated carbocycles. The Kier molecular flexibility index (Phi) is 5.87. The molecule has 2 amide bonds. The number of carbonyl (C=O) groups is 2. The van der Waals surface area contributed by atoms with Gasteiger partial charge in [-0.3, -0.25) is 9.59 Å². The Labute approximate surface area is 195 Å². The Bertz CT molecular complexity index is 1190. The standard InChI is InChI=1S/C24H24N4O4S/c1-16-6-12-33-21(16)24(30)28-10-8-27(9-11-28)22-18(3-2-7-25-22)23(29)26-14-17-4-5-19-20(13-17)32-15-31-19/h2-7,12-13H,8-11,14-15H2,1H3,(H,26,29). The number of aryl methyl sites for hydroxylation is 1. The lowest BCUT2D eigenvalue weighted by Gasteiger charge is -2.36. The molecule has 2 aliphatic rings. The van der Waals surface area contributed by atoms with E-state index < -0.39 is 0 Å². The lowest BCUT2D eigenvalue weighted by molar-refractivity contribution is 0.0750. The van der Waals surface area contributed by atoms with Crippen molar-refractivity contribution in [2.24, 2.45) is 0 Å². The number of aromatic nitrogens is 1. The molecule has 2 aliphatic heterocycles. The first-order valence-electron chi connectivity index (χ1n) is 10.8. The lowest BCUT2D eigenvalue weighted by atomic mass is 10.1. The number of carbonyl (C=O) groups excluding carboxylic acids is 2. The molecule has 8 nitrogen and oxygen atoms in total. The number of nitrogens with one attached hydrogen (secondary N) is 1. The monoisotopic (exact) mass is 464 g/mol. The molecule has 0 radical (unpaired) electrons. The Morgan fingerprint density at radius 3 is 2.70 bits per heavy atom. The van der Waals surface area contributed by atoms with Gasteiger partial charge in [-0.1, -0.05) is 6.07 Å². The second-order valence-electron chi connectivity index (χ2n) is 7.96. The molecular formula is C24H24N4O4S. The van der Waals surface area contributed by atoms with Crippen LogP contribution in [0.4, 0.5) is 5.82 Å². The molecule has 1 N–H and O–H groups in total. The van der Waals surface area contributed by atoms with Crippen molar-refractivity contribution in [3.05, 3.63) is 69.5 Å². The number of hydrogen-bond donors (Lipinski definition) is 1. The number of anilines is 1. The number of thiophene rings is 1. The fourth-order valence-corrected chi connectivity index (χ4v) is 4.90. The molecule has 1 saturated heterocycles. The number of rotatable bonds is 5. The molecule has 0 bridgehead atoms. The molecule has 2 aromatic heterocycles. The van der Waals surface area contributed by atoms with E-state index in [1.54, 1.807) is 18.3 Å². The summed E-state index contributed by atoms with van der Waals surface area (Å²) in [6.45, 7) is 4.96. The largest absolute Gasteiger partial charge is 0.454 e. The van der Waals surface area contributed by atoms with Crippen LogP contribution in [0.5, 0.6) is 11.5 Å². The normalized spacial score (nSPS) is 14.9. The average Bonchev–Trinajstić information content (AvgIpc) is 3.50. The summed E-state index contributed by atoms with van der Waals surface area (Å²) >= 11 is 1.48. The van der Waals surface area contributed by atoms with Crippen molar-refractivity contribution in [3.8, 4) is 11.5 Å². The lowest BCUT2D eigenvalue weighted by Crippen LogP contribution is -2.49. The molecule has 0 unspecified atom stereocenters. The van der Waals surface area contributed by atoms with Gasteiger partial charge in [-0.05, 0) is 53.8 Å². The van der Waals surface area contributed by atoms with Crippen molar-refractivity contribution >= 4 is 29.0 Å². The van der Waals surface area contributed by atoms with Crippen molar-refractivity contribution < 1.29 is 19.1 Å². The van der Waals surface area contributed by atoms with E-state index in [0.717, 1.165) is 16.0 Å². The van der Waals surface area contributed by atoms with Gasteiger partial charge in [-0.25, -0.2) is 4.98 Å². The van der Waals surface area contributed by atoms with Gasteiger partial charge in [0.15, 0.2) is 11.5 Å². The summed E-state index contributed by atoms with van der Waals surface area (Å²) in [5.41, 5.74) is 2.46. The minimum atomic E-state index is -0.191. The summed E-state index contributed by atoms with van der Waals surface area (Å²) in [7, 11) is 0. The van der Waals surface area contributed by atoms with Crippen LogP contribution < -0.4 is 19.7 Å². The highest BCUT2D eigenvalue weighted by atomic mass is 32.1. The average molecular weight is 465 g/mol. The van der Waals surface area contributed by atoms with E-state index in [-0.39, 0.29) is 18.6 Å². The van der Waals surface area contributed by atoms with E-state index in [9.17, 15) is 9.59 Å². The molecule has 4 heterocycles. The predicted octanol–water partition coefficient (Wildman–Crippen LogP) is 3.07. The number of nitrogens with zero attached hydrogens (tertiary/aromatic N) is 3. The van der Waals surface area contributed by atoms with Gasteiger partial charge >= 0.3 is 0 Å². The zero-order chi connectivity index (χ0) is 22.8. The van der Waals surface area contributed by atoms with Crippen LogP contribution in [-0.2, 0) is 6.54 Å². The number of ether oxygens (including phenoxy) is 2. The van der Waals surface area contributed by atoms with Crippen LogP contribution in [0.15, 0.2) is 48.0 Å². The Morgan fingerprint density at radius 1 is 1.09 bits per heavy atom. The fourth-order valence-electron chi connectivity index (χ4n) is 4.01. The smallest absolute Gasteiger partial charge is 0.264 e. The Hall–Kier alpha value is -3.59. The van der Waals surface area contributed by atoms with Crippen molar-refractivity contribution in [3.63, 3.8) is 0 Å². The van der Waals surface area contributed by atoms with Gasteiger partial charge in [0.25, 0.3) is 11.8 Å². The van der Waals surface area contributed by atoms with E-state index in [4.69, 9.17) is 9.47 Å². The van der Waals surface area contributed by atoms with Crippen LogP contribution in [0.3, 0.4) is 0 Å². The summed E-state index contributed by atoms with van der Waals surface area (Å²) in [5.74, 6) is 1.92. The van der Waals surface area contributed by atoms with Crippen LogP contribution in [-0.4, -0.2) is 54.7 Å². The first kappa shape index (κ1) is 21.3. The topological polar surface area (TPSA) is 84.0 Å². The highest BCUT2D eigenvalue weighted by Crippen LogP contribution is 2.32. The van der Waals surface area contributed by atoms with Gasteiger partial charge in [-0.2, -0.15) is 0 Å². The van der Waals surface area contributed by atoms with Crippen molar-refractivity contribution in [2.45, 2.75) is 13.5 Å². The Morgan fingerprint density at radius 2 is 1.91 bits per heavy atom. The van der Waals surface area contributed by atoms with Crippen LogP contribution in [0, 0.1) is 6.92 Å². The van der Waals surface area contributed by atoms with Gasteiger partial charge in [0.1, 0.15) is 5.82 Å². The molecule has 0 atom stereocenters. The second-order valence-corrected chi connectivity index (χ2v) is 8.87. The van der Waals surface area contributed by atoms with Gasteiger partial charge in [0.05, 0.1) is 10.4 Å². The third-order valence-corrected chi connectivity index (χ3v) is 6.85. The van der Waals surface area contributed by atoms with Gasteiger partial charge in [0, 0.05) is 38.9 Å². The number of amides is 2. The molecule has 3 aromatic rings. The van der Waals surface area contributed by atoms with Crippen LogP contribution in [0.1, 0.15) is 31.2 Å². The van der Waals surface area contributed by atoms with Gasteiger partial charge in [0.2, 0.25) is 6.79 Å². The van der Waals surface area contributed by atoms with Crippen molar-refractivity contribution in [2.75, 3.05) is 37.9 Å². The first-order valence-corrected chi connectivity index (χ1v) is 11.7. The first-order chi connectivity index (χ1) is 16.1. The van der Waals surface area contributed by atoms with Crippen LogP contribution in [0.25, 0.3) is 0 Å². The summed E-state index contributed by atoms with van der Waals surface area (Å²) in [6.07, 6.45) is 1.69. The van der Waals surface area contributed by atoms with Crippen LogP contribution >= 0.6 is 11.3 Å². The zero-order valence-corrected chi connectivity index (χ0v) is 19.1. The number of fused-ring (bicyclic) bond motifs is 1. The molecule has 5 rings (SSSR count). The maximum atomic E-state index is 13.0. The SMILES string of the molecule is Cc1ccsc1C(=O)N1CCN(c2ncccc2C(=O)NCc2ccc3c(c2)OCO3)CC1. The minimum absolute atomic E-state index is 0.0739. The summed E-state index contributed by atoms with van der Waals surface area (Å²) < 4.78 is 10.7. The number of pyridine rings is 1. The van der Waals surface area contributed by atoms with Crippen molar-refractivity contribution in [1.82, 2.24) is 15.2 Å². The molecule has 170 valence electrons. The van der Waals surface area contributed by atoms with Crippen LogP contribution in [0.2, 0.25) is 0 Å². The van der Waals surface area contributed by atoms with E-state index in [1.807, 2.05) is 41.5 Å². The molecule has 1 aromatic carbocycles. The van der Waals surface area contributed by atoms with E-state index in [2.05, 4.69) is 15.2 Å². The van der Waals surface area contributed by atoms with E-state index in [1.165, 1.54) is 11.3 Å². The highest BCUT2D eigenvalue weighted by molar-refractivity contribution is 7.12. The molecule has 0 spiro atoms. The molecule has 9 heteroatoms. The summed E-state index contributed by atoms with van der Waals surface area (Å²) in [5, 5.41) is 4.92. The summed E-state index contributed by atoms with van der Waals surface area (Å²) in [6, 6.07) is 11.1. The fraction of sp³-hybridized carbons (Fsp3) is 0.292. The maximum absolute atomic E-state index is 13.0. The maximum Gasteiger partial charge on any atom is 0.264 e. The summed E-state index contributed by atoms with van der Waals surface area (Å²) in [4.78, 5) is 35.0. The van der Waals surface area contributed by atoms with E-state index >= 15 is 0 Å². The number of hydrogen-bond acceptors (Lipinski definition) is 7. The third kappa shape index (κ3) is 4.36. The van der Waals surface area contributed by atoms with Gasteiger partial charge in [-0.15, -0.1) is 11.3 Å². The quantitative estimate of drug-likeness (QED) is 0.625. The minimum Gasteiger partial charge on any atom is -0.454 e. The zero-order valence-electron chi connectivity index (χ0n) is 18.2. The second kappa shape index (κ2) is 9.11. The molecular weight excluding hydrogens is 440 g/mol. The third-order valence-electron chi connectivity index (χ3n) is 5.84.